The zero-order chi connectivity index (χ0) is 26.5. The minimum Gasteiger partial charge on any atom is -0.484 e. The van der Waals surface area contributed by atoms with Gasteiger partial charge in [0.1, 0.15) is 18.2 Å². The Labute approximate surface area is 226 Å². The number of rotatable bonds is 11. The number of hydrogen-bond donors (Lipinski definition) is 3. The molecule has 0 spiro atoms. The summed E-state index contributed by atoms with van der Waals surface area (Å²) in [4.78, 5) is 23.2. The molecule has 1 aromatic carbocycles. The number of hydrogen-bond acceptors (Lipinski definition) is 9. The van der Waals surface area contributed by atoms with E-state index < -0.39 is 6.10 Å². The molecule has 38 heavy (non-hydrogen) atoms. The smallest absolute Gasteiger partial charge is 0.251 e. The summed E-state index contributed by atoms with van der Waals surface area (Å²) < 4.78 is 16.3. The van der Waals surface area contributed by atoms with Crippen molar-refractivity contribution in [2.24, 2.45) is 0 Å². The first-order valence-electron chi connectivity index (χ1n) is 12.8. The maximum Gasteiger partial charge on any atom is 0.251 e. The SMILES string of the molecule is COc1cc(C(=O)NC[C@H](O)CN2CCc3c(ccc(OCc4cnco4)c3Cl)C2)cc(NC2CCC2)n1. The van der Waals surface area contributed by atoms with Crippen molar-refractivity contribution in [1.82, 2.24) is 20.2 Å². The number of aliphatic hydroxyl groups excluding tert-OH is 1. The second kappa shape index (κ2) is 12.0. The van der Waals surface area contributed by atoms with Crippen LogP contribution in [0, 0.1) is 0 Å². The van der Waals surface area contributed by atoms with Crippen LogP contribution in [0.5, 0.6) is 11.6 Å². The van der Waals surface area contributed by atoms with Crippen LogP contribution < -0.4 is 20.1 Å². The molecule has 202 valence electrons. The molecule has 0 radical (unpaired) electrons. The van der Waals surface area contributed by atoms with E-state index in [1.165, 1.54) is 19.9 Å². The van der Waals surface area contributed by atoms with Crippen LogP contribution in [0.3, 0.4) is 0 Å². The molecular weight excluding hydrogens is 510 g/mol. The average Bonchev–Trinajstić information content (AvgIpc) is 3.42. The summed E-state index contributed by atoms with van der Waals surface area (Å²) in [6, 6.07) is 7.56. The van der Waals surface area contributed by atoms with Gasteiger partial charge in [0.25, 0.3) is 5.91 Å². The number of oxazole rings is 1. The van der Waals surface area contributed by atoms with Gasteiger partial charge >= 0.3 is 0 Å². The van der Waals surface area contributed by atoms with Crippen molar-refractivity contribution in [2.45, 2.75) is 51.0 Å². The topological polar surface area (TPSA) is 122 Å². The van der Waals surface area contributed by atoms with Crippen LogP contribution in [-0.4, -0.2) is 64.8 Å². The number of nitrogens with one attached hydrogen (secondary N) is 2. The number of carbonyl (C=O) groups is 1. The van der Waals surface area contributed by atoms with Crippen molar-refractivity contribution in [3.05, 3.63) is 64.3 Å². The molecule has 1 fully saturated rings. The van der Waals surface area contributed by atoms with Crippen LogP contribution in [0.2, 0.25) is 5.02 Å². The lowest BCUT2D eigenvalue weighted by Crippen LogP contribution is -2.42. The number of anilines is 1. The molecule has 10 nitrogen and oxygen atoms in total. The molecule has 2 aliphatic rings. The normalized spacial score (nSPS) is 16.3. The number of amides is 1. The first-order valence-corrected chi connectivity index (χ1v) is 13.2. The molecule has 3 heterocycles. The van der Waals surface area contributed by atoms with Gasteiger partial charge in [-0.25, -0.2) is 4.98 Å². The highest BCUT2D eigenvalue weighted by Crippen LogP contribution is 2.34. The Morgan fingerprint density at radius 2 is 2.21 bits per heavy atom. The van der Waals surface area contributed by atoms with E-state index in [1.807, 2.05) is 12.1 Å². The minimum atomic E-state index is -0.725. The van der Waals surface area contributed by atoms with Gasteiger partial charge in [0.15, 0.2) is 12.2 Å². The van der Waals surface area contributed by atoms with E-state index in [1.54, 1.807) is 18.3 Å². The van der Waals surface area contributed by atoms with Gasteiger partial charge in [-0.1, -0.05) is 17.7 Å². The lowest BCUT2D eigenvalue weighted by Gasteiger charge is -2.31. The number of benzene rings is 1. The highest BCUT2D eigenvalue weighted by molar-refractivity contribution is 6.33. The maximum absolute atomic E-state index is 12.8. The van der Waals surface area contributed by atoms with Gasteiger partial charge in [-0.2, -0.15) is 4.98 Å². The lowest BCUT2D eigenvalue weighted by molar-refractivity contribution is 0.0841. The zero-order valence-corrected chi connectivity index (χ0v) is 22.0. The number of aliphatic hydroxyl groups is 1. The molecule has 1 aliphatic heterocycles. The van der Waals surface area contributed by atoms with Gasteiger partial charge in [0, 0.05) is 43.9 Å². The van der Waals surface area contributed by atoms with Crippen molar-refractivity contribution in [3.8, 4) is 11.6 Å². The Bertz CT molecular complexity index is 1250. The summed E-state index contributed by atoms with van der Waals surface area (Å²) in [5.41, 5.74) is 2.59. The number of ether oxygens (including phenoxy) is 2. The largest absolute Gasteiger partial charge is 0.484 e. The fraction of sp³-hybridized carbons (Fsp3) is 0.444. The number of aromatic nitrogens is 2. The van der Waals surface area contributed by atoms with Crippen molar-refractivity contribution in [1.29, 1.82) is 0 Å². The molecule has 0 saturated heterocycles. The number of pyridine rings is 1. The molecule has 2 aromatic heterocycles. The molecule has 1 saturated carbocycles. The molecule has 11 heteroatoms. The van der Waals surface area contributed by atoms with Gasteiger partial charge in [0.2, 0.25) is 5.88 Å². The van der Waals surface area contributed by atoms with E-state index in [-0.39, 0.29) is 19.1 Å². The Balaban J connectivity index is 1.12. The quantitative estimate of drug-likeness (QED) is 0.335. The summed E-state index contributed by atoms with van der Waals surface area (Å²) in [6.07, 6.45) is 6.37. The summed E-state index contributed by atoms with van der Waals surface area (Å²) in [6.45, 7) is 2.21. The molecule has 1 atom stereocenters. The summed E-state index contributed by atoms with van der Waals surface area (Å²) in [5, 5.41) is 17.4. The third kappa shape index (κ3) is 6.38. The summed E-state index contributed by atoms with van der Waals surface area (Å²) >= 11 is 6.63. The van der Waals surface area contributed by atoms with Crippen molar-refractivity contribution in [3.63, 3.8) is 0 Å². The van der Waals surface area contributed by atoms with E-state index in [9.17, 15) is 9.90 Å². The molecule has 1 amide bonds. The molecule has 3 N–H and O–H groups in total. The summed E-state index contributed by atoms with van der Waals surface area (Å²) in [5.74, 6) is 1.95. The molecule has 1 aliphatic carbocycles. The van der Waals surface area contributed by atoms with Crippen molar-refractivity contribution < 1.29 is 23.8 Å². The number of carbonyl (C=O) groups excluding carboxylic acids is 1. The van der Waals surface area contributed by atoms with Gasteiger partial charge < -0.3 is 29.6 Å². The van der Waals surface area contributed by atoms with E-state index in [0.717, 1.165) is 36.9 Å². The maximum atomic E-state index is 12.8. The first-order chi connectivity index (χ1) is 18.5. The van der Waals surface area contributed by atoms with E-state index in [0.29, 0.717) is 52.9 Å². The van der Waals surface area contributed by atoms with Crippen LogP contribution in [0.25, 0.3) is 0 Å². The number of β-amino-alcohol motifs (C(OH)–C–C–N with tert-alkyl or cyclic N) is 1. The zero-order valence-electron chi connectivity index (χ0n) is 21.3. The molecule has 5 rings (SSSR count). The van der Waals surface area contributed by atoms with Crippen molar-refractivity contribution in [2.75, 3.05) is 32.1 Å². The molecule has 0 bridgehead atoms. The van der Waals surface area contributed by atoms with Gasteiger partial charge in [-0.3, -0.25) is 9.69 Å². The third-order valence-corrected chi connectivity index (χ3v) is 7.34. The standard InChI is InChI=1S/C27H32ClN5O5/c1-36-25-10-18(9-24(32-25)31-19-3-2-4-19)27(35)30-11-20(34)14-33-8-7-22-17(13-33)5-6-23(26(22)28)37-15-21-12-29-16-38-21/h5-6,9-10,12,16,19-20,34H,2-4,7-8,11,13-15H2,1H3,(H,30,35)(H,31,32)/t20-/m0/s1. The molecular formula is C27H32ClN5O5. The number of halogens is 1. The monoisotopic (exact) mass is 541 g/mol. The van der Waals surface area contributed by atoms with Crippen LogP contribution >= 0.6 is 11.6 Å². The number of fused-ring (bicyclic) bond motifs is 1. The Kier molecular flexibility index (Phi) is 8.31. The van der Waals surface area contributed by atoms with Crippen LogP contribution in [0.1, 0.15) is 46.5 Å². The predicted octanol–water partition coefficient (Wildman–Crippen LogP) is 3.42. The Morgan fingerprint density at radius 1 is 1.34 bits per heavy atom. The fourth-order valence-electron chi connectivity index (χ4n) is 4.63. The number of nitrogens with zero attached hydrogens (tertiary/aromatic N) is 3. The van der Waals surface area contributed by atoms with Gasteiger partial charge in [-0.05, 0) is 48.9 Å². The van der Waals surface area contributed by atoms with Crippen molar-refractivity contribution >= 4 is 23.3 Å². The third-order valence-electron chi connectivity index (χ3n) is 6.93. The number of methoxy groups -OCH3 is 1. The van der Waals surface area contributed by atoms with Gasteiger partial charge in [-0.15, -0.1) is 0 Å². The van der Waals surface area contributed by atoms with Crippen LogP contribution in [0.4, 0.5) is 5.82 Å². The highest BCUT2D eigenvalue weighted by atomic mass is 35.5. The first kappa shape index (κ1) is 26.3. The van der Waals surface area contributed by atoms with E-state index >= 15 is 0 Å². The second-order valence-corrected chi connectivity index (χ2v) is 10.1. The average molecular weight is 542 g/mol. The van der Waals surface area contributed by atoms with Gasteiger partial charge in [0.05, 0.1) is 24.4 Å². The lowest BCUT2D eigenvalue weighted by atomic mass is 9.93. The van der Waals surface area contributed by atoms with E-state index in [4.69, 9.17) is 25.5 Å². The fourth-order valence-corrected chi connectivity index (χ4v) is 4.96. The van der Waals surface area contributed by atoms with E-state index in [2.05, 4.69) is 25.5 Å². The molecule has 3 aromatic rings. The second-order valence-electron chi connectivity index (χ2n) is 9.68. The Morgan fingerprint density at radius 3 is 2.95 bits per heavy atom. The highest BCUT2D eigenvalue weighted by Gasteiger charge is 2.23. The summed E-state index contributed by atoms with van der Waals surface area (Å²) in [7, 11) is 1.53. The van der Waals surface area contributed by atoms with Crippen LogP contribution in [0.15, 0.2) is 41.3 Å². The van der Waals surface area contributed by atoms with Crippen LogP contribution in [-0.2, 0) is 19.6 Å². The predicted molar refractivity (Wildman–Crippen MR) is 142 cm³/mol. The Hall–Kier alpha value is -3.34. The minimum absolute atomic E-state index is 0.132. The molecule has 0 unspecified atom stereocenters.